The van der Waals surface area contributed by atoms with Crippen molar-refractivity contribution in [3.63, 3.8) is 0 Å². The number of nitrogens with one attached hydrogen (secondary N) is 2. The van der Waals surface area contributed by atoms with Crippen LogP contribution in [0.4, 0.5) is 5.69 Å². The van der Waals surface area contributed by atoms with E-state index < -0.39 is 16.0 Å². The van der Waals surface area contributed by atoms with Crippen LogP contribution in [0.1, 0.15) is 41.6 Å². The number of hydrogen-bond acceptors (Lipinski definition) is 4. The molecule has 1 aliphatic rings. The molecule has 1 aliphatic carbocycles. The van der Waals surface area contributed by atoms with E-state index in [0.717, 1.165) is 31.2 Å². The minimum Gasteiger partial charge on any atom is -0.478 e. The molecular weight excluding hydrogens is 352 g/mol. The third-order valence-electron chi connectivity index (χ3n) is 4.53. The fraction of sp³-hybridized carbons (Fsp3) is 0.316. The van der Waals surface area contributed by atoms with Crippen molar-refractivity contribution in [3.05, 3.63) is 59.7 Å². The van der Waals surface area contributed by atoms with Crippen molar-refractivity contribution in [2.24, 2.45) is 0 Å². The molecule has 0 aliphatic heterocycles. The van der Waals surface area contributed by atoms with Gasteiger partial charge in [0.25, 0.3) is 0 Å². The van der Waals surface area contributed by atoms with Gasteiger partial charge in [0.1, 0.15) is 0 Å². The van der Waals surface area contributed by atoms with E-state index in [2.05, 4.69) is 10.0 Å². The first-order valence-electron chi connectivity index (χ1n) is 8.63. The van der Waals surface area contributed by atoms with Gasteiger partial charge in [0, 0.05) is 18.3 Å². The van der Waals surface area contributed by atoms with Gasteiger partial charge in [-0.1, -0.05) is 43.2 Å². The van der Waals surface area contributed by atoms with Gasteiger partial charge in [-0.15, -0.1) is 0 Å². The molecule has 0 saturated heterocycles. The predicted octanol–water partition coefficient (Wildman–Crippen LogP) is 3.22. The molecule has 138 valence electrons. The van der Waals surface area contributed by atoms with E-state index in [1.54, 1.807) is 0 Å². The van der Waals surface area contributed by atoms with Crippen LogP contribution in [0.25, 0.3) is 0 Å². The Kier molecular flexibility index (Phi) is 5.58. The lowest BCUT2D eigenvalue weighted by molar-refractivity contribution is 0.0697. The van der Waals surface area contributed by atoms with Gasteiger partial charge in [0.15, 0.2) is 0 Å². The van der Waals surface area contributed by atoms with Gasteiger partial charge >= 0.3 is 5.97 Å². The normalized spacial score (nSPS) is 15.1. The lowest BCUT2D eigenvalue weighted by Gasteiger charge is -2.15. The third-order valence-corrected chi connectivity index (χ3v) is 6.05. The van der Waals surface area contributed by atoms with Gasteiger partial charge in [0.05, 0.1) is 10.5 Å². The molecule has 0 bridgehead atoms. The van der Waals surface area contributed by atoms with Crippen molar-refractivity contribution in [1.82, 2.24) is 4.72 Å². The molecule has 26 heavy (non-hydrogen) atoms. The summed E-state index contributed by atoms with van der Waals surface area (Å²) in [6.07, 6.45) is 3.66. The molecule has 1 saturated carbocycles. The Labute approximate surface area is 153 Å². The van der Waals surface area contributed by atoms with Crippen LogP contribution in [0.2, 0.25) is 0 Å². The molecule has 3 rings (SSSR count). The van der Waals surface area contributed by atoms with Gasteiger partial charge in [-0.3, -0.25) is 0 Å². The minimum absolute atomic E-state index is 0.0212. The average molecular weight is 374 g/mol. The average Bonchev–Trinajstić information content (AvgIpc) is 3.13. The highest BCUT2D eigenvalue weighted by Crippen LogP contribution is 2.24. The quantitative estimate of drug-likeness (QED) is 0.692. The Morgan fingerprint density at radius 2 is 1.77 bits per heavy atom. The summed E-state index contributed by atoms with van der Waals surface area (Å²) in [5.74, 6) is -1.17. The number of sulfonamides is 1. The maximum absolute atomic E-state index is 12.5. The van der Waals surface area contributed by atoms with Crippen LogP contribution in [0.3, 0.4) is 0 Å². The fourth-order valence-electron chi connectivity index (χ4n) is 3.15. The van der Waals surface area contributed by atoms with E-state index in [1.807, 2.05) is 30.3 Å². The van der Waals surface area contributed by atoms with Crippen LogP contribution < -0.4 is 10.0 Å². The topological polar surface area (TPSA) is 95.5 Å². The van der Waals surface area contributed by atoms with Crippen LogP contribution in [0.5, 0.6) is 0 Å². The predicted molar refractivity (Wildman–Crippen MR) is 99.7 cm³/mol. The Bertz CT molecular complexity index is 876. The Balaban J connectivity index is 1.80. The van der Waals surface area contributed by atoms with E-state index in [9.17, 15) is 18.3 Å². The molecule has 2 aromatic rings. The summed E-state index contributed by atoms with van der Waals surface area (Å²) in [7, 11) is -3.72. The summed E-state index contributed by atoms with van der Waals surface area (Å²) in [6, 6.07) is 13.7. The number of anilines is 1. The molecule has 0 radical (unpaired) electrons. The van der Waals surface area contributed by atoms with Gasteiger partial charge in [-0.25, -0.2) is 17.9 Å². The smallest absolute Gasteiger partial charge is 0.337 e. The number of hydrogen-bond donors (Lipinski definition) is 3. The lowest BCUT2D eigenvalue weighted by atomic mass is 10.1. The first-order chi connectivity index (χ1) is 12.5. The largest absolute Gasteiger partial charge is 0.478 e. The molecule has 0 atom stereocenters. The zero-order valence-electron chi connectivity index (χ0n) is 14.3. The standard InChI is InChI=1S/C19H22N2O4S/c22-19(23)17-12-16(26(24,25)21-15-8-4-5-9-15)10-11-18(17)20-13-14-6-2-1-3-7-14/h1-3,6-7,10-12,15,20-21H,4-5,8-9,13H2,(H,22,23). The number of benzene rings is 2. The summed E-state index contributed by atoms with van der Waals surface area (Å²) in [6.45, 7) is 0.452. The van der Waals surface area contributed by atoms with Crippen LogP contribution in [0.15, 0.2) is 53.4 Å². The summed E-state index contributed by atoms with van der Waals surface area (Å²) in [5.41, 5.74) is 1.33. The number of rotatable bonds is 7. The fourth-order valence-corrected chi connectivity index (χ4v) is 4.48. The highest BCUT2D eigenvalue weighted by molar-refractivity contribution is 7.89. The van der Waals surface area contributed by atoms with Crippen molar-refractivity contribution in [3.8, 4) is 0 Å². The van der Waals surface area contributed by atoms with Gasteiger partial charge < -0.3 is 10.4 Å². The second-order valence-corrected chi connectivity index (χ2v) is 8.17. The second kappa shape index (κ2) is 7.88. The van der Waals surface area contributed by atoms with E-state index in [-0.39, 0.29) is 16.5 Å². The summed E-state index contributed by atoms with van der Waals surface area (Å²) in [4.78, 5) is 11.6. The molecule has 0 heterocycles. The molecule has 0 spiro atoms. The zero-order valence-corrected chi connectivity index (χ0v) is 15.1. The Hall–Kier alpha value is -2.38. The number of carboxylic acid groups (broad SMARTS) is 1. The van der Waals surface area contributed by atoms with E-state index in [0.29, 0.717) is 12.2 Å². The van der Waals surface area contributed by atoms with Crippen LogP contribution in [0, 0.1) is 0 Å². The second-order valence-electron chi connectivity index (χ2n) is 6.45. The molecule has 0 aromatic heterocycles. The Morgan fingerprint density at radius 1 is 1.08 bits per heavy atom. The molecule has 7 heteroatoms. The number of aromatic carboxylic acids is 1. The van der Waals surface area contributed by atoms with Crippen molar-refractivity contribution in [1.29, 1.82) is 0 Å². The zero-order chi connectivity index (χ0) is 18.6. The van der Waals surface area contributed by atoms with Crippen molar-refractivity contribution in [2.45, 2.75) is 43.2 Å². The molecule has 0 amide bonds. The van der Waals surface area contributed by atoms with Gasteiger partial charge in [-0.2, -0.15) is 0 Å². The van der Waals surface area contributed by atoms with E-state index in [4.69, 9.17) is 0 Å². The third kappa shape index (κ3) is 4.42. The van der Waals surface area contributed by atoms with Crippen molar-refractivity contribution in [2.75, 3.05) is 5.32 Å². The summed E-state index contributed by atoms with van der Waals surface area (Å²) < 4.78 is 27.7. The van der Waals surface area contributed by atoms with Crippen LogP contribution >= 0.6 is 0 Å². The maximum atomic E-state index is 12.5. The maximum Gasteiger partial charge on any atom is 0.337 e. The molecular formula is C19H22N2O4S. The molecule has 1 fully saturated rings. The molecule has 2 aromatic carbocycles. The molecule has 3 N–H and O–H groups in total. The molecule has 6 nitrogen and oxygen atoms in total. The summed E-state index contributed by atoms with van der Waals surface area (Å²) in [5, 5.41) is 12.5. The van der Waals surface area contributed by atoms with Crippen LogP contribution in [-0.4, -0.2) is 25.5 Å². The summed E-state index contributed by atoms with van der Waals surface area (Å²) >= 11 is 0. The number of carbonyl (C=O) groups is 1. The van der Waals surface area contributed by atoms with E-state index >= 15 is 0 Å². The first kappa shape index (κ1) is 18.4. The van der Waals surface area contributed by atoms with Crippen molar-refractivity contribution >= 4 is 21.7 Å². The van der Waals surface area contributed by atoms with Gasteiger partial charge in [-0.05, 0) is 36.6 Å². The van der Waals surface area contributed by atoms with E-state index in [1.165, 1.54) is 18.2 Å². The lowest BCUT2D eigenvalue weighted by Crippen LogP contribution is -2.32. The molecule has 0 unspecified atom stereocenters. The Morgan fingerprint density at radius 3 is 2.42 bits per heavy atom. The monoisotopic (exact) mass is 374 g/mol. The van der Waals surface area contributed by atoms with Crippen molar-refractivity contribution < 1.29 is 18.3 Å². The van der Waals surface area contributed by atoms with Crippen LogP contribution in [-0.2, 0) is 16.6 Å². The SMILES string of the molecule is O=C(O)c1cc(S(=O)(=O)NC2CCCC2)ccc1NCc1ccccc1. The minimum atomic E-state index is -3.72. The van der Waals surface area contributed by atoms with Gasteiger partial charge in [0.2, 0.25) is 10.0 Å². The first-order valence-corrected chi connectivity index (χ1v) is 10.1. The highest BCUT2D eigenvalue weighted by atomic mass is 32.2. The number of carboxylic acids is 1. The highest BCUT2D eigenvalue weighted by Gasteiger charge is 2.24.